The predicted octanol–water partition coefficient (Wildman–Crippen LogP) is 1.87. The van der Waals surface area contributed by atoms with E-state index in [4.69, 9.17) is 18.9 Å². The summed E-state index contributed by atoms with van der Waals surface area (Å²) in [5, 5.41) is 19.9. The van der Waals surface area contributed by atoms with E-state index in [0.29, 0.717) is 18.7 Å². The molecule has 2 amide bonds. The highest BCUT2D eigenvalue weighted by Gasteiger charge is 2.44. The van der Waals surface area contributed by atoms with Crippen molar-refractivity contribution in [1.82, 2.24) is 15.4 Å². The molecule has 3 fully saturated rings. The molecule has 0 bridgehead atoms. The number of amides is 2. The second kappa shape index (κ2) is 15.3. The maximum atomic E-state index is 13.7. The highest BCUT2D eigenvalue weighted by Crippen LogP contribution is 2.33. The second-order valence-corrected chi connectivity index (χ2v) is 13.3. The standard InChI is InChI=1S/C31H42N4O9S/c1-32-27(36)18-33-21-10-7-13-23(17-21)45(39,40)35-29(43-22-11-5-6-12-22)28(37)25(16-20-8-3-2-4-9-20)34-31(38)44-26-19-42-30-24(26)14-15-41-30/h2-4,7-10,13,17,22,24-26,28-30,33,35,37H,5-6,11-12,14-16,18-19H2,1H3,(H,32,36)(H,34,38)/t24-,25+,26-,28-,29?,30+/m1/s1. The lowest BCUT2D eigenvalue weighted by Gasteiger charge is -2.33. The number of aliphatic hydroxyl groups excluding tert-OH is 1. The molecule has 0 radical (unpaired) electrons. The van der Waals surface area contributed by atoms with Crippen LogP contribution in [0.15, 0.2) is 59.5 Å². The van der Waals surface area contributed by atoms with Gasteiger partial charge in [0.15, 0.2) is 6.29 Å². The molecule has 6 atom stereocenters. The molecule has 0 spiro atoms. The van der Waals surface area contributed by atoms with Crippen LogP contribution >= 0.6 is 0 Å². The monoisotopic (exact) mass is 646 g/mol. The van der Waals surface area contributed by atoms with E-state index in [-0.39, 0.29) is 42.4 Å². The Labute approximate surface area is 263 Å². The molecule has 45 heavy (non-hydrogen) atoms. The van der Waals surface area contributed by atoms with Crippen LogP contribution in [0.3, 0.4) is 0 Å². The number of likely N-dealkylation sites (N-methyl/N-ethyl adjacent to an activating group) is 1. The molecular weight excluding hydrogens is 604 g/mol. The van der Waals surface area contributed by atoms with Crippen LogP contribution in [-0.2, 0) is 40.2 Å². The fourth-order valence-electron chi connectivity index (χ4n) is 5.88. The molecule has 2 aromatic carbocycles. The number of hydrogen-bond donors (Lipinski definition) is 5. The predicted molar refractivity (Wildman–Crippen MR) is 164 cm³/mol. The fourth-order valence-corrected chi connectivity index (χ4v) is 7.06. The summed E-state index contributed by atoms with van der Waals surface area (Å²) in [7, 11) is -2.72. The molecule has 2 saturated heterocycles. The van der Waals surface area contributed by atoms with Crippen molar-refractivity contribution in [2.24, 2.45) is 5.92 Å². The normalized spacial score (nSPS) is 23.6. The van der Waals surface area contributed by atoms with Crippen LogP contribution in [0.5, 0.6) is 0 Å². The zero-order valence-electron chi connectivity index (χ0n) is 25.2. The van der Waals surface area contributed by atoms with Crippen LogP contribution in [0.1, 0.15) is 37.7 Å². The molecule has 246 valence electrons. The van der Waals surface area contributed by atoms with Gasteiger partial charge in [-0.25, -0.2) is 13.2 Å². The molecule has 1 saturated carbocycles. The Bertz CT molecular complexity index is 1390. The molecule has 13 nitrogen and oxygen atoms in total. The van der Waals surface area contributed by atoms with Crippen molar-refractivity contribution in [1.29, 1.82) is 0 Å². The number of sulfonamides is 1. The van der Waals surface area contributed by atoms with E-state index < -0.39 is 46.9 Å². The van der Waals surface area contributed by atoms with Gasteiger partial charge in [0.05, 0.1) is 42.7 Å². The molecule has 1 unspecified atom stereocenters. The maximum absolute atomic E-state index is 13.7. The van der Waals surface area contributed by atoms with Gasteiger partial charge in [0.2, 0.25) is 15.9 Å². The molecule has 2 aliphatic heterocycles. The molecule has 5 rings (SSSR count). The number of alkyl carbamates (subject to hydrolysis) is 1. The van der Waals surface area contributed by atoms with Gasteiger partial charge >= 0.3 is 6.09 Å². The number of anilines is 1. The van der Waals surface area contributed by atoms with Crippen LogP contribution in [-0.4, -0.2) is 89.2 Å². The Kier molecular flexibility index (Phi) is 11.3. The Morgan fingerprint density at radius 2 is 1.82 bits per heavy atom. The van der Waals surface area contributed by atoms with Gasteiger partial charge in [-0.3, -0.25) is 4.79 Å². The number of aliphatic hydroxyl groups is 1. The van der Waals surface area contributed by atoms with E-state index in [1.807, 2.05) is 30.3 Å². The minimum atomic E-state index is -4.23. The maximum Gasteiger partial charge on any atom is 0.407 e. The number of ether oxygens (including phenoxy) is 4. The average Bonchev–Trinajstić information content (AvgIpc) is 3.80. The molecule has 3 aliphatic rings. The van der Waals surface area contributed by atoms with Crippen LogP contribution < -0.4 is 20.7 Å². The largest absolute Gasteiger partial charge is 0.443 e. The van der Waals surface area contributed by atoms with Gasteiger partial charge < -0.3 is 40.0 Å². The van der Waals surface area contributed by atoms with Gasteiger partial charge in [-0.1, -0.05) is 49.2 Å². The van der Waals surface area contributed by atoms with E-state index >= 15 is 0 Å². The first kappa shape index (κ1) is 33.1. The molecule has 14 heteroatoms. The molecule has 2 aromatic rings. The van der Waals surface area contributed by atoms with Crippen molar-refractivity contribution < 1.29 is 42.1 Å². The topological polar surface area (TPSA) is 174 Å². The van der Waals surface area contributed by atoms with E-state index in [0.717, 1.165) is 31.2 Å². The number of carbonyl (C=O) groups is 2. The quantitative estimate of drug-likeness (QED) is 0.191. The number of rotatable bonds is 14. The molecule has 5 N–H and O–H groups in total. The van der Waals surface area contributed by atoms with Crippen molar-refractivity contribution in [2.45, 2.75) is 80.3 Å². The van der Waals surface area contributed by atoms with Crippen molar-refractivity contribution in [3.05, 3.63) is 60.2 Å². The van der Waals surface area contributed by atoms with Crippen molar-refractivity contribution in [3.63, 3.8) is 0 Å². The summed E-state index contributed by atoms with van der Waals surface area (Å²) in [6.07, 6.45) is -0.644. The highest BCUT2D eigenvalue weighted by atomic mass is 32.2. The lowest BCUT2D eigenvalue weighted by atomic mass is 10.00. The fraction of sp³-hybridized carbons (Fsp3) is 0.548. The van der Waals surface area contributed by atoms with Gasteiger partial charge in [0.1, 0.15) is 18.4 Å². The first-order valence-corrected chi connectivity index (χ1v) is 16.8. The summed E-state index contributed by atoms with van der Waals surface area (Å²) in [5.41, 5.74) is 1.24. The summed E-state index contributed by atoms with van der Waals surface area (Å²) in [4.78, 5) is 24.8. The van der Waals surface area contributed by atoms with E-state index in [1.165, 1.54) is 19.2 Å². The van der Waals surface area contributed by atoms with Crippen LogP contribution in [0, 0.1) is 5.92 Å². The van der Waals surface area contributed by atoms with E-state index in [9.17, 15) is 23.1 Å². The third kappa shape index (κ3) is 8.93. The number of nitrogens with one attached hydrogen (secondary N) is 4. The SMILES string of the molecule is CNC(=O)CNc1cccc(S(=O)(=O)NC(OC2CCCC2)[C@H](O)[C@H](Cc2ccccc2)NC(=O)O[C@@H]2CO[C@@H]3OCC[C@@H]32)c1. The van der Waals surface area contributed by atoms with E-state index in [2.05, 4.69) is 20.7 Å². The third-order valence-electron chi connectivity index (χ3n) is 8.36. The van der Waals surface area contributed by atoms with Crippen molar-refractivity contribution >= 4 is 27.7 Å². The summed E-state index contributed by atoms with van der Waals surface area (Å²) in [6.45, 7) is 0.697. The Morgan fingerprint density at radius 3 is 2.58 bits per heavy atom. The lowest BCUT2D eigenvalue weighted by Crippen LogP contribution is -2.57. The number of hydrogen-bond acceptors (Lipinski definition) is 10. The number of fused-ring (bicyclic) bond motifs is 1. The van der Waals surface area contributed by atoms with Gasteiger partial charge in [-0.15, -0.1) is 0 Å². The molecule has 1 aliphatic carbocycles. The minimum absolute atomic E-state index is 0.0378. The third-order valence-corrected chi connectivity index (χ3v) is 9.77. The van der Waals surface area contributed by atoms with E-state index in [1.54, 1.807) is 12.1 Å². The lowest BCUT2D eigenvalue weighted by molar-refractivity contribution is -0.118. The Hall–Kier alpha value is -3.27. The van der Waals surface area contributed by atoms with Crippen molar-refractivity contribution in [3.8, 4) is 0 Å². The summed E-state index contributed by atoms with van der Waals surface area (Å²) in [6, 6.07) is 14.3. The Balaban J connectivity index is 1.35. The minimum Gasteiger partial charge on any atom is -0.443 e. The highest BCUT2D eigenvalue weighted by molar-refractivity contribution is 7.89. The molecular formula is C31H42N4O9S. The average molecular weight is 647 g/mol. The van der Waals surface area contributed by atoms with Crippen LogP contribution in [0.25, 0.3) is 0 Å². The van der Waals surface area contributed by atoms with Crippen molar-refractivity contribution in [2.75, 3.05) is 32.1 Å². The zero-order chi connectivity index (χ0) is 31.8. The van der Waals surface area contributed by atoms with Gasteiger partial charge in [-0.05, 0) is 49.4 Å². The molecule has 2 heterocycles. The zero-order valence-corrected chi connectivity index (χ0v) is 26.0. The summed E-state index contributed by atoms with van der Waals surface area (Å²) >= 11 is 0. The van der Waals surface area contributed by atoms with Gasteiger partial charge in [-0.2, -0.15) is 4.72 Å². The first-order chi connectivity index (χ1) is 21.7. The van der Waals surface area contributed by atoms with Crippen LogP contribution in [0.2, 0.25) is 0 Å². The summed E-state index contributed by atoms with van der Waals surface area (Å²) in [5.74, 6) is -0.331. The second-order valence-electron chi connectivity index (χ2n) is 11.5. The molecule has 0 aromatic heterocycles. The van der Waals surface area contributed by atoms with Gasteiger partial charge in [0.25, 0.3) is 0 Å². The van der Waals surface area contributed by atoms with Crippen LogP contribution in [0.4, 0.5) is 10.5 Å². The number of benzene rings is 2. The smallest absolute Gasteiger partial charge is 0.407 e. The Morgan fingerprint density at radius 1 is 1.04 bits per heavy atom. The summed E-state index contributed by atoms with van der Waals surface area (Å²) < 4.78 is 52.9. The number of carbonyl (C=O) groups excluding carboxylic acids is 2. The van der Waals surface area contributed by atoms with Gasteiger partial charge in [0, 0.05) is 12.7 Å². The first-order valence-electron chi connectivity index (χ1n) is 15.4.